The number of nitrogens with zero attached hydrogens (tertiary/aromatic N) is 2. The average molecular weight is 370 g/mol. The highest BCUT2D eigenvalue weighted by Gasteiger charge is 2.23. The van der Waals surface area contributed by atoms with Crippen molar-refractivity contribution in [2.24, 2.45) is 0 Å². The van der Waals surface area contributed by atoms with Gasteiger partial charge in [0.1, 0.15) is 23.2 Å². The molecule has 3 rings (SSSR count). The number of rotatable bonds is 6. The molecule has 1 heterocycles. The minimum atomic E-state index is -1.29. The molecule has 1 N–H and O–H groups in total. The van der Waals surface area contributed by atoms with Crippen molar-refractivity contribution in [3.63, 3.8) is 0 Å². The van der Waals surface area contributed by atoms with Gasteiger partial charge in [0.2, 0.25) is 0 Å². The molecule has 0 fully saturated rings. The molecule has 0 aliphatic heterocycles. The maximum atomic E-state index is 14.5. The summed E-state index contributed by atoms with van der Waals surface area (Å²) in [6.45, 7) is 0.520. The van der Waals surface area contributed by atoms with Gasteiger partial charge in [0.15, 0.2) is 0 Å². The Balaban J connectivity index is 1.89. The molecule has 1 atom stereocenters. The number of carbonyl (C=O) groups is 1. The second-order valence-electron chi connectivity index (χ2n) is 5.92. The lowest BCUT2D eigenvalue weighted by Crippen LogP contribution is -2.09. The van der Waals surface area contributed by atoms with Crippen LogP contribution >= 0.6 is 0 Å². The van der Waals surface area contributed by atoms with Gasteiger partial charge in [-0.25, -0.2) is 9.18 Å². The third-order valence-corrected chi connectivity index (χ3v) is 4.18. The molecule has 1 aromatic heterocycles. The molecule has 0 radical (unpaired) electrons. The summed E-state index contributed by atoms with van der Waals surface area (Å²) >= 11 is 0. The predicted molar refractivity (Wildman–Crippen MR) is 96.1 cm³/mol. The number of esters is 1. The van der Waals surface area contributed by atoms with Crippen LogP contribution < -0.4 is 4.74 Å². The Kier molecular flexibility index (Phi) is 5.52. The number of aromatic nitrogens is 2. The van der Waals surface area contributed by atoms with E-state index in [1.807, 2.05) is 30.3 Å². The molecule has 0 aliphatic rings. The summed E-state index contributed by atoms with van der Waals surface area (Å²) in [5.74, 6) is -1.34. The van der Waals surface area contributed by atoms with Crippen LogP contribution in [0.4, 0.5) is 4.39 Å². The fourth-order valence-corrected chi connectivity index (χ4v) is 2.78. The predicted octanol–water partition coefficient (Wildman–Crippen LogP) is 2.95. The summed E-state index contributed by atoms with van der Waals surface area (Å²) in [7, 11) is 2.54. The van der Waals surface area contributed by atoms with Crippen LogP contribution in [0.1, 0.15) is 33.2 Å². The Morgan fingerprint density at radius 1 is 1.26 bits per heavy atom. The van der Waals surface area contributed by atoms with E-state index >= 15 is 0 Å². The first-order chi connectivity index (χ1) is 13.0. The van der Waals surface area contributed by atoms with Gasteiger partial charge in [-0.05, 0) is 11.6 Å². The first kappa shape index (κ1) is 18.6. The van der Waals surface area contributed by atoms with Crippen molar-refractivity contribution >= 4 is 5.97 Å². The highest BCUT2D eigenvalue weighted by Crippen LogP contribution is 2.30. The molecule has 0 saturated heterocycles. The Morgan fingerprint density at radius 3 is 2.67 bits per heavy atom. The lowest BCUT2D eigenvalue weighted by Gasteiger charge is -2.14. The quantitative estimate of drug-likeness (QED) is 0.676. The molecule has 6 nitrogen and oxygen atoms in total. The van der Waals surface area contributed by atoms with E-state index in [2.05, 4.69) is 5.10 Å². The second kappa shape index (κ2) is 8.01. The average Bonchev–Trinajstić information content (AvgIpc) is 3.15. The van der Waals surface area contributed by atoms with Crippen LogP contribution in [0.25, 0.3) is 0 Å². The van der Waals surface area contributed by atoms with Crippen molar-refractivity contribution in [3.05, 3.63) is 82.9 Å². The molecule has 0 spiro atoms. The number of benzene rings is 2. The van der Waals surface area contributed by atoms with Crippen LogP contribution in [0.5, 0.6) is 5.75 Å². The van der Waals surface area contributed by atoms with Gasteiger partial charge in [-0.15, -0.1) is 0 Å². The lowest BCUT2D eigenvalue weighted by atomic mass is 10.0. The third-order valence-electron chi connectivity index (χ3n) is 4.18. The summed E-state index contributed by atoms with van der Waals surface area (Å²) in [6.07, 6.45) is 1.82. The molecule has 7 heteroatoms. The van der Waals surface area contributed by atoms with E-state index in [9.17, 15) is 14.3 Å². The van der Waals surface area contributed by atoms with Crippen molar-refractivity contribution in [2.75, 3.05) is 14.2 Å². The van der Waals surface area contributed by atoms with Gasteiger partial charge in [0.25, 0.3) is 0 Å². The zero-order valence-corrected chi connectivity index (χ0v) is 14.9. The van der Waals surface area contributed by atoms with Gasteiger partial charge in [0.05, 0.1) is 27.0 Å². The molecule has 140 valence electrons. The van der Waals surface area contributed by atoms with Crippen LogP contribution in [0.2, 0.25) is 0 Å². The zero-order chi connectivity index (χ0) is 19.4. The number of ether oxygens (including phenoxy) is 2. The van der Waals surface area contributed by atoms with Gasteiger partial charge in [0, 0.05) is 23.4 Å². The number of aliphatic hydroxyl groups is 1. The maximum absolute atomic E-state index is 14.5. The topological polar surface area (TPSA) is 73.6 Å². The standard InChI is InChI=1S/C20H19FN2O4/c1-26-18-9-17(21)15(8-16(18)20(25)27-2)19(24)14-10-22-23(12-14)11-13-6-4-3-5-7-13/h3-10,12,19,24H,11H2,1-2H3. The molecule has 27 heavy (non-hydrogen) atoms. The van der Waals surface area contributed by atoms with E-state index in [-0.39, 0.29) is 16.9 Å². The molecular formula is C20H19FN2O4. The maximum Gasteiger partial charge on any atom is 0.341 e. The second-order valence-corrected chi connectivity index (χ2v) is 5.92. The van der Waals surface area contributed by atoms with Crippen molar-refractivity contribution in [1.82, 2.24) is 9.78 Å². The van der Waals surface area contributed by atoms with Crippen molar-refractivity contribution in [1.29, 1.82) is 0 Å². The number of methoxy groups -OCH3 is 2. The van der Waals surface area contributed by atoms with Gasteiger partial charge >= 0.3 is 5.97 Å². The number of aliphatic hydroxyl groups excluding tert-OH is 1. The molecule has 1 unspecified atom stereocenters. The summed E-state index contributed by atoms with van der Waals surface area (Å²) in [4.78, 5) is 11.9. The SMILES string of the molecule is COC(=O)c1cc(C(O)c2cnn(Cc3ccccc3)c2)c(F)cc1OC. The summed E-state index contributed by atoms with van der Waals surface area (Å²) in [5, 5.41) is 14.8. The van der Waals surface area contributed by atoms with Gasteiger partial charge < -0.3 is 14.6 Å². The van der Waals surface area contributed by atoms with E-state index < -0.39 is 17.9 Å². The fraction of sp³-hybridized carbons (Fsp3) is 0.200. The van der Waals surface area contributed by atoms with E-state index in [0.29, 0.717) is 12.1 Å². The van der Waals surface area contributed by atoms with Crippen LogP contribution in [0.15, 0.2) is 54.9 Å². The van der Waals surface area contributed by atoms with Gasteiger partial charge in [-0.3, -0.25) is 4.68 Å². The number of carbonyl (C=O) groups excluding carboxylic acids is 1. The molecule has 2 aromatic carbocycles. The Hall–Kier alpha value is -3.19. The smallest absolute Gasteiger partial charge is 0.341 e. The fourth-order valence-electron chi connectivity index (χ4n) is 2.78. The number of hydrogen-bond acceptors (Lipinski definition) is 5. The largest absolute Gasteiger partial charge is 0.496 e. The van der Waals surface area contributed by atoms with Crippen molar-refractivity contribution in [2.45, 2.75) is 12.6 Å². The highest BCUT2D eigenvalue weighted by molar-refractivity contribution is 5.92. The van der Waals surface area contributed by atoms with Crippen LogP contribution in [-0.2, 0) is 11.3 Å². The van der Waals surface area contributed by atoms with E-state index in [1.165, 1.54) is 26.5 Å². The normalized spacial score (nSPS) is 11.9. The minimum Gasteiger partial charge on any atom is -0.496 e. The van der Waals surface area contributed by atoms with Gasteiger partial charge in [-0.2, -0.15) is 5.10 Å². The van der Waals surface area contributed by atoms with E-state index in [4.69, 9.17) is 9.47 Å². The van der Waals surface area contributed by atoms with Crippen LogP contribution in [0, 0.1) is 5.82 Å². The number of halogens is 1. The summed E-state index contributed by atoms with van der Waals surface area (Å²) in [5.41, 5.74) is 1.43. The van der Waals surface area contributed by atoms with Crippen LogP contribution in [-0.4, -0.2) is 35.1 Å². The molecule has 3 aromatic rings. The molecule has 0 saturated carbocycles. The first-order valence-corrected chi connectivity index (χ1v) is 8.23. The molecule has 0 amide bonds. The lowest BCUT2D eigenvalue weighted by molar-refractivity contribution is 0.0596. The molecule has 0 aliphatic carbocycles. The number of hydrogen-bond donors (Lipinski definition) is 1. The zero-order valence-electron chi connectivity index (χ0n) is 14.9. The van der Waals surface area contributed by atoms with Crippen LogP contribution in [0.3, 0.4) is 0 Å². The van der Waals surface area contributed by atoms with Crippen molar-refractivity contribution in [3.8, 4) is 5.75 Å². The Labute approximate surface area is 155 Å². The Morgan fingerprint density at radius 2 is 2.00 bits per heavy atom. The first-order valence-electron chi connectivity index (χ1n) is 8.23. The monoisotopic (exact) mass is 370 g/mol. The van der Waals surface area contributed by atoms with E-state index in [0.717, 1.165) is 11.6 Å². The summed E-state index contributed by atoms with van der Waals surface area (Å²) < 4.78 is 25.8. The molecule has 0 bridgehead atoms. The summed E-state index contributed by atoms with van der Waals surface area (Å²) in [6, 6.07) is 12.0. The minimum absolute atomic E-state index is 0.0344. The Bertz CT molecular complexity index is 940. The highest BCUT2D eigenvalue weighted by atomic mass is 19.1. The van der Waals surface area contributed by atoms with Crippen molar-refractivity contribution < 1.29 is 23.8 Å². The van der Waals surface area contributed by atoms with E-state index in [1.54, 1.807) is 10.9 Å². The van der Waals surface area contributed by atoms with Gasteiger partial charge in [-0.1, -0.05) is 30.3 Å². The molecular weight excluding hydrogens is 351 g/mol. The third kappa shape index (κ3) is 3.98.